The van der Waals surface area contributed by atoms with Crippen LogP contribution < -0.4 is 4.74 Å². The van der Waals surface area contributed by atoms with Crippen LogP contribution in [0.3, 0.4) is 0 Å². The fourth-order valence-electron chi connectivity index (χ4n) is 4.08. The van der Waals surface area contributed by atoms with Gasteiger partial charge in [-0.15, -0.1) is 0 Å². The number of nitrogens with zero attached hydrogens (tertiary/aromatic N) is 2. The summed E-state index contributed by atoms with van der Waals surface area (Å²) in [6.45, 7) is 2.60. The normalized spacial score (nSPS) is 15.0. The summed E-state index contributed by atoms with van der Waals surface area (Å²) in [5, 5.41) is 15.3. The highest BCUT2D eigenvalue weighted by Gasteiger charge is 2.19. The number of hydrogen-bond acceptors (Lipinski definition) is 5. The van der Waals surface area contributed by atoms with Crippen LogP contribution in [0.25, 0.3) is 22.2 Å². The van der Waals surface area contributed by atoms with Gasteiger partial charge in [0.05, 0.1) is 0 Å². The molecule has 5 nitrogen and oxygen atoms in total. The molecule has 0 saturated heterocycles. The van der Waals surface area contributed by atoms with Crippen LogP contribution in [-0.4, -0.2) is 41.0 Å². The number of aliphatic hydroxyl groups is 1. The van der Waals surface area contributed by atoms with Crippen molar-refractivity contribution in [1.82, 2.24) is 10.1 Å². The number of aromatic nitrogens is 1. The van der Waals surface area contributed by atoms with Crippen molar-refractivity contribution in [2.45, 2.75) is 19.1 Å². The predicted octanol–water partition coefficient (Wildman–Crippen LogP) is 4.43. The summed E-state index contributed by atoms with van der Waals surface area (Å²) in [5.41, 5.74) is 4.66. The van der Waals surface area contributed by atoms with Gasteiger partial charge in [0.25, 0.3) is 0 Å². The molecule has 2 heterocycles. The van der Waals surface area contributed by atoms with Crippen molar-refractivity contribution in [3.8, 4) is 17.0 Å². The minimum absolute atomic E-state index is 0.226. The van der Waals surface area contributed by atoms with E-state index in [9.17, 15) is 9.50 Å². The maximum Gasteiger partial charge on any atom is 0.170 e. The van der Waals surface area contributed by atoms with E-state index in [4.69, 9.17) is 9.26 Å². The first-order valence-corrected chi connectivity index (χ1v) is 10.4. The molecule has 158 valence electrons. The van der Waals surface area contributed by atoms with Gasteiger partial charge in [-0.1, -0.05) is 29.4 Å². The van der Waals surface area contributed by atoms with E-state index in [2.05, 4.69) is 34.3 Å². The van der Waals surface area contributed by atoms with Gasteiger partial charge in [0.2, 0.25) is 0 Å². The molecule has 0 spiro atoms. The van der Waals surface area contributed by atoms with Crippen LogP contribution in [0, 0.1) is 5.82 Å². The molecule has 0 bridgehead atoms. The number of rotatable bonds is 6. The van der Waals surface area contributed by atoms with Crippen LogP contribution >= 0.6 is 0 Å². The van der Waals surface area contributed by atoms with Crippen molar-refractivity contribution in [3.63, 3.8) is 0 Å². The fourth-order valence-corrected chi connectivity index (χ4v) is 4.08. The van der Waals surface area contributed by atoms with Crippen molar-refractivity contribution in [2.75, 3.05) is 19.7 Å². The molecule has 0 amide bonds. The smallest absolute Gasteiger partial charge is 0.170 e. The zero-order chi connectivity index (χ0) is 21.2. The first kappa shape index (κ1) is 19.7. The molecule has 1 N–H and O–H groups in total. The van der Waals surface area contributed by atoms with Crippen molar-refractivity contribution in [2.24, 2.45) is 0 Å². The second-order valence-electron chi connectivity index (χ2n) is 7.91. The van der Waals surface area contributed by atoms with E-state index in [0.717, 1.165) is 30.5 Å². The molecule has 6 heteroatoms. The van der Waals surface area contributed by atoms with Crippen molar-refractivity contribution < 1.29 is 18.8 Å². The maximum atomic E-state index is 13.3. The number of halogens is 1. The van der Waals surface area contributed by atoms with E-state index in [0.29, 0.717) is 23.6 Å². The molecule has 0 radical (unpaired) electrons. The van der Waals surface area contributed by atoms with Crippen molar-refractivity contribution in [1.29, 1.82) is 0 Å². The quantitative estimate of drug-likeness (QED) is 0.502. The molecule has 1 atom stereocenters. The number of ether oxygens (including phenoxy) is 1. The third kappa shape index (κ3) is 4.31. The van der Waals surface area contributed by atoms with Gasteiger partial charge in [0.15, 0.2) is 5.58 Å². The zero-order valence-corrected chi connectivity index (χ0v) is 17.0. The zero-order valence-electron chi connectivity index (χ0n) is 17.0. The van der Waals surface area contributed by atoms with E-state index in [1.165, 1.54) is 23.3 Å². The molecule has 1 unspecified atom stereocenters. The van der Waals surface area contributed by atoms with Gasteiger partial charge < -0.3 is 14.4 Å². The Labute approximate surface area is 179 Å². The van der Waals surface area contributed by atoms with Crippen molar-refractivity contribution in [3.05, 3.63) is 83.7 Å². The van der Waals surface area contributed by atoms with Crippen LogP contribution in [0.1, 0.15) is 11.1 Å². The predicted molar refractivity (Wildman–Crippen MR) is 116 cm³/mol. The summed E-state index contributed by atoms with van der Waals surface area (Å²) in [7, 11) is 0. The number of hydrogen-bond donors (Lipinski definition) is 1. The molecule has 31 heavy (non-hydrogen) atoms. The SMILES string of the molecule is OC(COc1ccc(-c2noc3cc(F)ccc23)cc1)CN1CCc2ccccc2C1. The van der Waals surface area contributed by atoms with E-state index in [-0.39, 0.29) is 12.4 Å². The number of fused-ring (bicyclic) bond motifs is 2. The lowest BCUT2D eigenvalue weighted by molar-refractivity contribution is 0.0638. The average molecular weight is 418 g/mol. The molecular formula is C25H23FN2O3. The number of β-amino-alcohol motifs (C(OH)–C–C–N with tert-alkyl or cyclic N) is 1. The summed E-state index contributed by atoms with van der Waals surface area (Å²) in [5.74, 6) is 0.317. The molecule has 0 saturated carbocycles. The molecule has 1 aliphatic rings. The first-order chi connectivity index (χ1) is 15.2. The third-order valence-electron chi connectivity index (χ3n) is 5.68. The van der Waals surface area contributed by atoms with Gasteiger partial charge in [-0.3, -0.25) is 4.90 Å². The maximum absolute atomic E-state index is 13.3. The van der Waals surface area contributed by atoms with E-state index >= 15 is 0 Å². The minimum Gasteiger partial charge on any atom is -0.491 e. The van der Waals surface area contributed by atoms with Crippen LogP contribution in [0.15, 0.2) is 71.3 Å². The van der Waals surface area contributed by atoms with Crippen LogP contribution in [0.4, 0.5) is 4.39 Å². The summed E-state index contributed by atoms with van der Waals surface area (Å²) in [4.78, 5) is 2.26. The molecule has 3 aromatic carbocycles. The standard InChI is InChI=1S/C25H23FN2O3/c26-20-7-10-23-24(13-20)31-27-25(23)18-5-8-22(9-6-18)30-16-21(29)15-28-12-11-17-3-1-2-4-19(17)14-28/h1-10,13,21,29H,11-12,14-16H2. The van der Waals surface area contributed by atoms with Gasteiger partial charge in [-0.05, 0) is 53.9 Å². The molecule has 1 aromatic heterocycles. The fraction of sp³-hybridized carbons (Fsp3) is 0.240. The van der Waals surface area contributed by atoms with Crippen LogP contribution in [-0.2, 0) is 13.0 Å². The van der Waals surface area contributed by atoms with Gasteiger partial charge >= 0.3 is 0 Å². The lowest BCUT2D eigenvalue weighted by Crippen LogP contribution is -2.38. The Kier molecular flexibility index (Phi) is 5.40. The van der Waals surface area contributed by atoms with Crippen LogP contribution in [0.2, 0.25) is 0 Å². The Bertz CT molecular complexity index is 1190. The largest absolute Gasteiger partial charge is 0.491 e. The highest BCUT2D eigenvalue weighted by atomic mass is 19.1. The van der Waals surface area contributed by atoms with Crippen LogP contribution in [0.5, 0.6) is 5.75 Å². The Morgan fingerprint density at radius 2 is 1.87 bits per heavy atom. The highest BCUT2D eigenvalue weighted by Crippen LogP contribution is 2.29. The molecule has 5 rings (SSSR count). The molecule has 4 aromatic rings. The Balaban J connectivity index is 1.17. The van der Waals surface area contributed by atoms with Gasteiger partial charge in [-0.25, -0.2) is 4.39 Å². The monoisotopic (exact) mass is 418 g/mol. The number of benzene rings is 3. The third-order valence-corrected chi connectivity index (χ3v) is 5.68. The van der Waals surface area contributed by atoms with E-state index in [1.54, 1.807) is 6.07 Å². The summed E-state index contributed by atoms with van der Waals surface area (Å²) < 4.78 is 24.4. The first-order valence-electron chi connectivity index (χ1n) is 10.4. The summed E-state index contributed by atoms with van der Waals surface area (Å²) in [6.07, 6.45) is 0.438. The average Bonchev–Trinajstić information content (AvgIpc) is 3.21. The topological polar surface area (TPSA) is 58.7 Å². The Morgan fingerprint density at radius 3 is 2.71 bits per heavy atom. The van der Waals surface area contributed by atoms with Gasteiger partial charge in [0.1, 0.15) is 30.0 Å². The summed E-state index contributed by atoms with van der Waals surface area (Å²) in [6, 6.07) is 20.3. The number of aliphatic hydroxyl groups excluding tert-OH is 1. The lowest BCUT2D eigenvalue weighted by atomic mass is 10.00. The minimum atomic E-state index is -0.570. The Morgan fingerprint density at radius 1 is 1.06 bits per heavy atom. The molecular weight excluding hydrogens is 395 g/mol. The van der Waals surface area contributed by atoms with Gasteiger partial charge in [-0.2, -0.15) is 0 Å². The Hall–Kier alpha value is -3.22. The second kappa shape index (κ2) is 8.49. The molecule has 0 fully saturated rings. The van der Waals surface area contributed by atoms with E-state index < -0.39 is 6.10 Å². The van der Waals surface area contributed by atoms with E-state index in [1.807, 2.05) is 24.3 Å². The van der Waals surface area contributed by atoms with Crippen molar-refractivity contribution >= 4 is 11.0 Å². The summed E-state index contributed by atoms with van der Waals surface area (Å²) >= 11 is 0. The highest BCUT2D eigenvalue weighted by molar-refractivity contribution is 5.91. The molecule has 1 aliphatic heterocycles. The van der Waals surface area contributed by atoms with Gasteiger partial charge in [0, 0.05) is 36.7 Å². The second-order valence-corrected chi connectivity index (χ2v) is 7.91. The molecule has 0 aliphatic carbocycles. The lowest BCUT2D eigenvalue weighted by Gasteiger charge is -2.30.